The molecule has 6 nitrogen and oxygen atoms in total. The molecule has 0 amide bonds. The van der Waals surface area contributed by atoms with Gasteiger partial charge >= 0.3 is 6.18 Å². The number of hydrogen-bond donors (Lipinski definition) is 0. The number of rotatable bonds is 3. The molecule has 3 heterocycles. The number of alkyl halides is 3. The molecular weight excluding hydrogens is 391 g/mol. The van der Waals surface area contributed by atoms with Crippen LogP contribution in [0.3, 0.4) is 0 Å². The first kappa shape index (κ1) is 18.2. The van der Waals surface area contributed by atoms with Crippen molar-refractivity contribution in [2.45, 2.75) is 19.6 Å². The van der Waals surface area contributed by atoms with Crippen molar-refractivity contribution in [3.05, 3.63) is 55.7 Å². The van der Waals surface area contributed by atoms with Gasteiger partial charge in [-0.05, 0) is 13.0 Å². The van der Waals surface area contributed by atoms with Crippen LogP contribution in [0.2, 0.25) is 5.15 Å². The van der Waals surface area contributed by atoms with Gasteiger partial charge in [0.2, 0.25) is 0 Å². The zero-order valence-corrected chi connectivity index (χ0v) is 14.7. The van der Waals surface area contributed by atoms with Crippen LogP contribution in [0.15, 0.2) is 23.0 Å². The van der Waals surface area contributed by atoms with Crippen LogP contribution in [0.4, 0.5) is 13.2 Å². The van der Waals surface area contributed by atoms with Gasteiger partial charge in [-0.3, -0.25) is 9.20 Å². The molecule has 0 spiro atoms. The first-order valence-electron chi connectivity index (χ1n) is 7.09. The molecule has 0 fully saturated rings. The van der Waals surface area contributed by atoms with Crippen molar-refractivity contribution in [1.82, 2.24) is 19.2 Å². The van der Waals surface area contributed by atoms with Crippen LogP contribution >= 0.6 is 22.9 Å². The Morgan fingerprint density at radius 3 is 2.77 bits per heavy atom. The van der Waals surface area contributed by atoms with E-state index in [-0.39, 0.29) is 17.4 Å². The van der Waals surface area contributed by atoms with E-state index in [0.717, 1.165) is 9.56 Å². The average Bonchev–Trinajstić information content (AvgIpc) is 3.05. The van der Waals surface area contributed by atoms with Crippen LogP contribution in [-0.2, 0) is 12.7 Å². The summed E-state index contributed by atoms with van der Waals surface area (Å²) < 4.78 is 40.4. The van der Waals surface area contributed by atoms with Crippen LogP contribution in [0.1, 0.15) is 22.0 Å². The summed E-state index contributed by atoms with van der Waals surface area (Å²) >= 11 is 7.03. The number of nitriles is 1. The van der Waals surface area contributed by atoms with E-state index in [4.69, 9.17) is 16.9 Å². The maximum atomic E-state index is 12.7. The first-order chi connectivity index (χ1) is 12.2. The van der Waals surface area contributed by atoms with Gasteiger partial charge in [0.1, 0.15) is 5.15 Å². The van der Waals surface area contributed by atoms with E-state index < -0.39 is 17.4 Å². The average molecular weight is 400 g/mol. The summed E-state index contributed by atoms with van der Waals surface area (Å²) in [5, 5.41) is 11.9. The highest BCUT2D eigenvalue weighted by molar-refractivity contribution is 7.17. The summed E-state index contributed by atoms with van der Waals surface area (Å²) in [6.45, 7) is 1.59. The van der Waals surface area contributed by atoms with Crippen molar-refractivity contribution in [2.24, 2.45) is 0 Å². The summed E-state index contributed by atoms with van der Waals surface area (Å²) in [5.74, 6) is 0. The molecule has 0 saturated heterocycles. The lowest BCUT2D eigenvalue weighted by atomic mass is 10.3. The molecule has 0 radical (unpaired) electrons. The van der Waals surface area contributed by atoms with Crippen molar-refractivity contribution >= 4 is 34.0 Å². The van der Waals surface area contributed by atoms with Gasteiger partial charge in [-0.15, -0.1) is 11.3 Å². The Morgan fingerprint density at radius 2 is 2.15 bits per heavy atom. The van der Waals surface area contributed by atoms with Gasteiger partial charge in [0, 0.05) is 23.1 Å². The minimum absolute atomic E-state index is 0.180. The molecule has 3 aromatic rings. The molecule has 3 aromatic heterocycles. The van der Waals surface area contributed by atoms with Gasteiger partial charge < -0.3 is 0 Å². The smallest absolute Gasteiger partial charge is 0.269 e. The number of aromatic nitrogens is 4. The maximum Gasteiger partial charge on any atom is 0.435 e. The molecule has 0 saturated carbocycles. The van der Waals surface area contributed by atoms with Gasteiger partial charge in [0.25, 0.3) is 5.56 Å². The number of allylic oxidation sites excluding steroid dienone is 1. The van der Waals surface area contributed by atoms with Crippen molar-refractivity contribution in [2.75, 3.05) is 0 Å². The fourth-order valence-corrected chi connectivity index (χ4v) is 3.51. The lowest BCUT2D eigenvalue weighted by Crippen LogP contribution is -2.17. The van der Waals surface area contributed by atoms with Gasteiger partial charge in [-0.2, -0.15) is 23.5 Å². The quantitative estimate of drug-likeness (QED) is 0.631. The predicted octanol–water partition coefficient (Wildman–Crippen LogP) is 3.52. The molecule has 0 aliphatic carbocycles. The first-order valence-corrected chi connectivity index (χ1v) is 8.29. The summed E-state index contributed by atoms with van der Waals surface area (Å²) in [6, 6.07) is 3.77. The van der Waals surface area contributed by atoms with E-state index in [9.17, 15) is 18.0 Å². The van der Waals surface area contributed by atoms with Crippen molar-refractivity contribution in [3.63, 3.8) is 0 Å². The molecule has 0 aromatic carbocycles. The summed E-state index contributed by atoms with van der Waals surface area (Å²) in [7, 11) is 0. The normalized spacial score (nSPS) is 12.2. The molecule has 0 atom stereocenters. The Bertz CT molecular complexity index is 1120. The highest BCUT2D eigenvalue weighted by Crippen LogP contribution is 2.30. The van der Waals surface area contributed by atoms with E-state index in [2.05, 4.69) is 10.1 Å². The zero-order chi connectivity index (χ0) is 19.1. The highest BCUT2D eigenvalue weighted by atomic mass is 35.5. The second kappa shape index (κ2) is 6.59. The van der Waals surface area contributed by atoms with Crippen LogP contribution in [0.25, 0.3) is 11.0 Å². The lowest BCUT2D eigenvalue weighted by Gasteiger charge is -2.04. The highest BCUT2D eigenvalue weighted by Gasteiger charge is 2.34. The second-order valence-electron chi connectivity index (χ2n) is 5.22. The van der Waals surface area contributed by atoms with Gasteiger partial charge in [0.05, 0.1) is 24.0 Å². The van der Waals surface area contributed by atoms with Crippen LogP contribution < -0.4 is 5.56 Å². The van der Waals surface area contributed by atoms with E-state index in [1.165, 1.54) is 34.0 Å². The molecule has 11 heteroatoms. The fraction of sp³-hybridized carbons (Fsp3) is 0.200. The molecule has 0 aliphatic rings. The number of nitrogens with zero attached hydrogens (tertiary/aromatic N) is 5. The number of aryl methyl sites for hydroxylation is 1. The van der Waals surface area contributed by atoms with Crippen molar-refractivity contribution < 1.29 is 13.2 Å². The van der Waals surface area contributed by atoms with Gasteiger partial charge in [0.15, 0.2) is 10.7 Å². The Hall–Kier alpha value is -2.64. The molecule has 0 aliphatic heterocycles. The topological polar surface area (TPSA) is 76.0 Å². The largest absolute Gasteiger partial charge is 0.435 e. The van der Waals surface area contributed by atoms with E-state index in [1.54, 1.807) is 6.92 Å². The van der Waals surface area contributed by atoms with Crippen molar-refractivity contribution in [1.29, 1.82) is 5.26 Å². The standard InChI is InChI=1S/C15H9ClF3N5OS/c1-8-10(3-2-4-20)24-13(25)5-9(21-14(24)26-8)7-23-12(16)6-11(22-23)15(17,18)19/h2-3,5-6H,7H2,1H3/b3-2-. The van der Waals surface area contributed by atoms with Crippen LogP contribution in [0.5, 0.6) is 0 Å². The summed E-state index contributed by atoms with van der Waals surface area (Å²) in [5.41, 5.74) is -0.764. The molecule has 0 N–H and O–H groups in total. The van der Waals surface area contributed by atoms with Crippen LogP contribution in [-0.4, -0.2) is 19.2 Å². The Labute approximate surface area is 153 Å². The van der Waals surface area contributed by atoms with E-state index in [1.807, 2.05) is 6.07 Å². The number of thiazole rings is 1. The third-order valence-corrected chi connectivity index (χ3v) is 4.71. The fourth-order valence-electron chi connectivity index (χ4n) is 2.33. The molecule has 3 rings (SSSR count). The zero-order valence-electron chi connectivity index (χ0n) is 13.1. The van der Waals surface area contributed by atoms with Crippen LogP contribution in [0, 0.1) is 18.3 Å². The summed E-state index contributed by atoms with van der Waals surface area (Å²) in [6.07, 6.45) is -1.86. The maximum absolute atomic E-state index is 12.7. The molecule has 0 bridgehead atoms. The van der Waals surface area contributed by atoms with E-state index in [0.29, 0.717) is 16.7 Å². The second-order valence-corrected chi connectivity index (χ2v) is 6.79. The molecule has 134 valence electrons. The van der Waals surface area contributed by atoms with E-state index >= 15 is 0 Å². The van der Waals surface area contributed by atoms with Gasteiger partial charge in [-0.25, -0.2) is 9.67 Å². The monoisotopic (exact) mass is 399 g/mol. The third kappa shape index (κ3) is 3.36. The summed E-state index contributed by atoms with van der Waals surface area (Å²) in [4.78, 5) is 17.8. The lowest BCUT2D eigenvalue weighted by molar-refractivity contribution is -0.141. The Kier molecular flexibility index (Phi) is 4.60. The molecule has 0 unspecified atom stereocenters. The molecule has 26 heavy (non-hydrogen) atoms. The number of fused-ring (bicyclic) bond motifs is 1. The molecular formula is C15H9ClF3N5OS. The Morgan fingerprint density at radius 1 is 1.42 bits per heavy atom. The van der Waals surface area contributed by atoms with Crippen molar-refractivity contribution in [3.8, 4) is 6.07 Å². The van der Waals surface area contributed by atoms with Gasteiger partial charge in [-0.1, -0.05) is 11.6 Å². The minimum Gasteiger partial charge on any atom is -0.269 e. The predicted molar refractivity (Wildman–Crippen MR) is 90.1 cm³/mol. The third-order valence-electron chi connectivity index (χ3n) is 3.44. The number of hydrogen-bond acceptors (Lipinski definition) is 5. The number of halogens is 4. The SMILES string of the molecule is Cc1sc2nc(Cn3nc(C(F)(F)F)cc3Cl)cc(=O)n2c1/C=C\C#N. The Balaban J connectivity index is 2.03. The minimum atomic E-state index is -4.61.